The van der Waals surface area contributed by atoms with Crippen LogP contribution in [0.5, 0.6) is 0 Å². The molecule has 20 heavy (non-hydrogen) atoms. The summed E-state index contributed by atoms with van der Waals surface area (Å²) in [5.74, 6) is -1.47. The lowest BCUT2D eigenvalue weighted by Crippen LogP contribution is -2.32. The van der Waals surface area contributed by atoms with E-state index in [-0.39, 0.29) is 12.2 Å². The number of hydrogen-bond donors (Lipinski definition) is 2. The van der Waals surface area contributed by atoms with Crippen molar-refractivity contribution in [1.82, 2.24) is 9.88 Å². The summed E-state index contributed by atoms with van der Waals surface area (Å²) in [6.07, 6.45) is 0. The van der Waals surface area contributed by atoms with Gasteiger partial charge in [0.1, 0.15) is 12.2 Å². The zero-order valence-corrected chi connectivity index (χ0v) is 11.6. The highest BCUT2D eigenvalue weighted by Crippen LogP contribution is 2.21. The van der Waals surface area contributed by atoms with Gasteiger partial charge in [-0.3, -0.25) is 9.59 Å². The second-order valence-electron chi connectivity index (χ2n) is 4.08. The zero-order valence-electron chi connectivity index (χ0n) is 10.7. The summed E-state index contributed by atoms with van der Waals surface area (Å²) < 4.78 is 0. The van der Waals surface area contributed by atoms with Crippen LogP contribution in [0.15, 0.2) is 35.7 Å². The summed E-state index contributed by atoms with van der Waals surface area (Å²) in [5.41, 5.74) is 1.11. The maximum atomic E-state index is 11.9. The van der Waals surface area contributed by atoms with Crippen molar-refractivity contribution >= 4 is 34.0 Å². The number of carboxylic acid groups (broad SMARTS) is 1. The fraction of sp³-hybridized carbons (Fsp3) is 0.154. The molecule has 1 aromatic heterocycles. The van der Waals surface area contributed by atoms with Crippen LogP contribution in [0.2, 0.25) is 0 Å². The van der Waals surface area contributed by atoms with Crippen molar-refractivity contribution in [2.24, 2.45) is 0 Å². The van der Waals surface area contributed by atoms with E-state index in [9.17, 15) is 9.59 Å². The predicted molar refractivity (Wildman–Crippen MR) is 76.4 cm³/mol. The Morgan fingerprint density at radius 3 is 2.70 bits per heavy atom. The number of nitrogens with zero attached hydrogens (tertiary/aromatic N) is 2. The lowest BCUT2D eigenvalue weighted by Gasteiger charge is -2.12. The first-order chi connectivity index (χ1) is 9.56. The van der Waals surface area contributed by atoms with Crippen molar-refractivity contribution in [3.8, 4) is 0 Å². The standard InChI is InChI=1S/C13H13N3O3S/c1-16(7-11(17)18)12(19)10-8-20-13(15-10)14-9-5-3-2-4-6-9/h2-6,8H,7H2,1H3,(H,14,15)(H,17,18). The van der Waals surface area contributed by atoms with E-state index in [1.54, 1.807) is 5.38 Å². The Labute approximate surface area is 119 Å². The molecule has 2 rings (SSSR count). The maximum Gasteiger partial charge on any atom is 0.323 e. The topological polar surface area (TPSA) is 82.5 Å². The summed E-state index contributed by atoms with van der Waals surface area (Å²) in [7, 11) is 1.43. The quantitative estimate of drug-likeness (QED) is 0.881. The van der Waals surface area contributed by atoms with Crippen molar-refractivity contribution in [2.75, 3.05) is 18.9 Å². The van der Waals surface area contributed by atoms with Crippen LogP contribution < -0.4 is 5.32 Å². The highest BCUT2D eigenvalue weighted by molar-refractivity contribution is 7.14. The minimum atomic E-state index is -1.06. The van der Waals surface area contributed by atoms with Gasteiger partial charge in [-0.2, -0.15) is 0 Å². The molecule has 0 saturated heterocycles. The highest BCUT2D eigenvalue weighted by Gasteiger charge is 2.17. The molecule has 1 heterocycles. The molecule has 2 aromatic rings. The number of anilines is 2. The van der Waals surface area contributed by atoms with Gasteiger partial charge in [0.2, 0.25) is 0 Å². The van der Waals surface area contributed by atoms with Gasteiger partial charge in [-0.15, -0.1) is 11.3 Å². The van der Waals surface area contributed by atoms with Crippen LogP contribution in [-0.4, -0.2) is 40.5 Å². The Kier molecular flexibility index (Phi) is 4.31. The van der Waals surface area contributed by atoms with Crippen molar-refractivity contribution < 1.29 is 14.7 Å². The van der Waals surface area contributed by atoms with E-state index in [0.29, 0.717) is 5.13 Å². The van der Waals surface area contributed by atoms with Crippen LogP contribution in [0.25, 0.3) is 0 Å². The van der Waals surface area contributed by atoms with Gasteiger partial charge in [-0.05, 0) is 12.1 Å². The maximum absolute atomic E-state index is 11.9. The molecule has 0 spiro atoms. The molecule has 0 atom stereocenters. The third-order valence-corrected chi connectivity index (χ3v) is 3.23. The summed E-state index contributed by atoms with van der Waals surface area (Å²) in [6, 6.07) is 9.47. The summed E-state index contributed by atoms with van der Waals surface area (Å²) in [4.78, 5) is 27.8. The van der Waals surface area contributed by atoms with Gasteiger partial charge in [0.05, 0.1) is 0 Å². The molecule has 0 aliphatic heterocycles. The van der Waals surface area contributed by atoms with E-state index >= 15 is 0 Å². The van der Waals surface area contributed by atoms with Gasteiger partial charge in [0.25, 0.3) is 5.91 Å². The summed E-state index contributed by atoms with van der Waals surface area (Å²) in [5, 5.41) is 13.9. The molecule has 0 aliphatic carbocycles. The van der Waals surface area contributed by atoms with Gasteiger partial charge in [-0.25, -0.2) is 4.98 Å². The number of carbonyl (C=O) groups is 2. The normalized spacial score (nSPS) is 10.1. The van der Waals surface area contributed by atoms with E-state index in [1.807, 2.05) is 30.3 Å². The number of rotatable bonds is 5. The molecule has 7 heteroatoms. The largest absolute Gasteiger partial charge is 0.480 e. The monoisotopic (exact) mass is 291 g/mol. The molecule has 0 saturated carbocycles. The lowest BCUT2D eigenvalue weighted by molar-refractivity contribution is -0.137. The summed E-state index contributed by atoms with van der Waals surface area (Å²) in [6.45, 7) is -0.349. The van der Waals surface area contributed by atoms with Crippen molar-refractivity contribution in [2.45, 2.75) is 0 Å². The number of likely N-dealkylation sites (N-methyl/N-ethyl adjacent to an activating group) is 1. The lowest BCUT2D eigenvalue weighted by atomic mass is 10.3. The second-order valence-corrected chi connectivity index (χ2v) is 4.94. The first-order valence-corrected chi connectivity index (χ1v) is 6.69. The fourth-order valence-electron chi connectivity index (χ4n) is 1.54. The van der Waals surface area contributed by atoms with E-state index in [4.69, 9.17) is 5.11 Å². The first kappa shape index (κ1) is 14.0. The molecular weight excluding hydrogens is 278 g/mol. The number of benzene rings is 1. The number of carbonyl (C=O) groups excluding carboxylic acids is 1. The first-order valence-electron chi connectivity index (χ1n) is 5.81. The minimum Gasteiger partial charge on any atom is -0.480 e. The second kappa shape index (κ2) is 6.16. The van der Waals surface area contributed by atoms with Crippen LogP contribution in [0.4, 0.5) is 10.8 Å². The molecule has 0 bridgehead atoms. The van der Waals surface area contributed by atoms with Gasteiger partial charge >= 0.3 is 5.97 Å². The molecule has 1 amide bonds. The van der Waals surface area contributed by atoms with Crippen LogP contribution in [0.3, 0.4) is 0 Å². The SMILES string of the molecule is CN(CC(=O)O)C(=O)c1csc(Nc2ccccc2)n1. The van der Waals surface area contributed by atoms with Crippen molar-refractivity contribution in [3.05, 3.63) is 41.4 Å². The third-order valence-electron chi connectivity index (χ3n) is 2.47. The van der Waals surface area contributed by atoms with Crippen LogP contribution in [-0.2, 0) is 4.79 Å². The zero-order chi connectivity index (χ0) is 14.5. The smallest absolute Gasteiger partial charge is 0.323 e. The number of aliphatic carboxylic acids is 1. The number of thiazole rings is 1. The van der Waals surface area contributed by atoms with Gasteiger partial charge in [-0.1, -0.05) is 18.2 Å². The molecule has 0 aliphatic rings. The average molecular weight is 291 g/mol. The number of hydrogen-bond acceptors (Lipinski definition) is 5. The number of aromatic nitrogens is 1. The Morgan fingerprint density at radius 2 is 2.05 bits per heavy atom. The third kappa shape index (κ3) is 3.55. The molecule has 2 N–H and O–H groups in total. The predicted octanol–water partition coefficient (Wildman–Crippen LogP) is 2.04. The van der Waals surface area contributed by atoms with Gasteiger partial charge in [0.15, 0.2) is 5.13 Å². The van der Waals surface area contributed by atoms with Crippen LogP contribution in [0.1, 0.15) is 10.5 Å². The molecule has 6 nitrogen and oxygen atoms in total. The number of amides is 1. The fourth-order valence-corrected chi connectivity index (χ4v) is 2.25. The number of carboxylic acids is 1. The number of para-hydroxylation sites is 1. The molecule has 104 valence electrons. The molecular formula is C13H13N3O3S. The molecule has 0 unspecified atom stereocenters. The molecule has 0 radical (unpaired) electrons. The van der Waals surface area contributed by atoms with Gasteiger partial charge < -0.3 is 15.3 Å². The van der Waals surface area contributed by atoms with Crippen LogP contribution >= 0.6 is 11.3 Å². The van der Waals surface area contributed by atoms with Crippen molar-refractivity contribution in [3.63, 3.8) is 0 Å². The molecule has 1 aromatic carbocycles. The Balaban J connectivity index is 2.05. The van der Waals surface area contributed by atoms with E-state index in [1.165, 1.54) is 18.4 Å². The minimum absolute atomic E-state index is 0.234. The van der Waals surface area contributed by atoms with Crippen LogP contribution in [0, 0.1) is 0 Å². The summed E-state index contributed by atoms with van der Waals surface area (Å²) >= 11 is 1.29. The van der Waals surface area contributed by atoms with E-state index < -0.39 is 11.9 Å². The Hall–Kier alpha value is -2.41. The van der Waals surface area contributed by atoms with E-state index in [2.05, 4.69) is 10.3 Å². The van der Waals surface area contributed by atoms with Gasteiger partial charge in [0, 0.05) is 18.1 Å². The molecule has 0 fully saturated rings. The number of nitrogens with one attached hydrogen (secondary N) is 1. The highest BCUT2D eigenvalue weighted by atomic mass is 32.1. The average Bonchev–Trinajstić information content (AvgIpc) is 2.86. The Bertz CT molecular complexity index is 612. The Morgan fingerprint density at radius 1 is 1.35 bits per heavy atom. The van der Waals surface area contributed by atoms with Crippen molar-refractivity contribution in [1.29, 1.82) is 0 Å². The van der Waals surface area contributed by atoms with E-state index in [0.717, 1.165) is 10.6 Å².